The molecule has 0 spiro atoms. The lowest BCUT2D eigenvalue weighted by Gasteiger charge is -2.14. The standard InChI is InChI=1S/C29H33N3O5/c1-4-15-35-20-22-8-6-9-23(18-22)26-13-14-30-29(32-26)31-25-11-12-27(24(19-25)21-36-16-5-2)37-17-7-10-28(33)34-3/h4-6,8-9,11-14,18-19H,1-2,7,10,15-17,20-21H2,3H3,(H,30,31,32). The van der Waals surface area contributed by atoms with Crippen LogP contribution in [0.5, 0.6) is 5.75 Å². The zero-order valence-corrected chi connectivity index (χ0v) is 21.2. The molecule has 0 unspecified atom stereocenters. The second-order valence-electron chi connectivity index (χ2n) is 8.05. The van der Waals surface area contributed by atoms with Gasteiger partial charge in [0, 0.05) is 29.4 Å². The zero-order valence-electron chi connectivity index (χ0n) is 21.2. The molecule has 0 saturated carbocycles. The number of nitrogens with zero attached hydrogens (tertiary/aromatic N) is 2. The summed E-state index contributed by atoms with van der Waals surface area (Å²) in [5.74, 6) is 0.896. The molecule has 2 aromatic carbocycles. The summed E-state index contributed by atoms with van der Waals surface area (Å²) < 4.78 is 21.8. The van der Waals surface area contributed by atoms with E-state index < -0.39 is 0 Å². The summed E-state index contributed by atoms with van der Waals surface area (Å²) in [5.41, 5.74) is 4.47. The molecule has 8 heteroatoms. The fraction of sp³-hybridized carbons (Fsp3) is 0.276. The van der Waals surface area contributed by atoms with Crippen molar-refractivity contribution in [3.63, 3.8) is 0 Å². The van der Waals surface area contributed by atoms with Crippen LogP contribution in [0.4, 0.5) is 11.6 Å². The van der Waals surface area contributed by atoms with Crippen molar-refractivity contribution in [3.8, 4) is 17.0 Å². The first kappa shape index (κ1) is 27.6. The summed E-state index contributed by atoms with van der Waals surface area (Å²) in [6.45, 7) is 9.52. The second-order valence-corrected chi connectivity index (χ2v) is 8.05. The number of anilines is 2. The van der Waals surface area contributed by atoms with Crippen molar-refractivity contribution in [3.05, 3.63) is 91.2 Å². The van der Waals surface area contributed by atoms with Gasteiger partial charge in [-0.1, -0.05) is 30.4 Å². The van der Waals surface area contributed by atoms with Crippen LogP contribution in [-0.2, 0) is 32.2 Å². The largest absolute Gasteiger partial charge is 0.493 e. The Morgan fingerprint density at radius 3 is 2.62 bits per heavy atom. The molecule has 3 aromatic rings. The summed E-state index contributed by atoms with van der Waals surface area (Å²) in [6, 6.07) is 15.6. The van der Waals surface area contributed by atoms with Crippen molar-refractivity contribution < 1.29 is 23.7 Å². The smallest absolute Gasteiger partial charge is 0.305 e. The molecule has 0 bridgehead atoms. The Morgan fingerprint density at radius 1 is 1.03 bits per heavy atom. The topological polar surface area (TPSA) is 91.8 Å². The summed E-state index contributed by atoms with van der Waals surface area (Å²) >= 11 is 0. The van der Waals surface area contributed by atoms with E-state index in [0.717, 1.165) is 28.1 Å². The molecule has 1 N–H and O–H groups in total. The molecule has 0 atom stereocenters. The zero-order chi connectivity index (χ0) is 26.3. The molecule has 0 aliphatic rings. The van der Waals surface area contributed by atoms with Crippen LogP contribution in [0.2, 0.25) is 0 Å². The lowest BCUT2D eigenvalue weighted by Crippen LogP contribution is -2.06. The third kappa shape index (κ3) is 9.18. The van der Waals surface area contributed by atoms with Gasteiger partial charge in [0.15, 0.2) is 0 Å². The highest BCUT2D eigenvalue weighted by atomic mass is 16.5. The highest BCUT2D eigenvalue weighted by Crippen LogP contribution is 2.26. The predicted octanol–water partition coefficient (Wildman–Crippen LogP) is 5.62. The Hall–Kier alpha value is -4.01. The van der Waals surface area contributed by atoms with Crippen LogP contribution in [0.25, 0.3) is 11.3 Å². The van der Waals surface area contributed by atoms with Gasteiger partial charge in [-0.2, -0.15) is 0 Å². The van der Waals surface area contributed by atoms with Crippen molar-refractivity contribution in [2.24, 2.45) is 0 Å². The van der Waals surface area contributed by atoms with Crippen molar-refractivity contribution in [1.29, 1.82) is 0 Å². The quantitative estimate of drug-likeness (QED) is 0.153. The second kappa shape index (κ2) is 15.2. The molecular formula is C29H33N3O5. The van der Waals surface area contributed by atoms with Crippen molar-refractivity contribution in [2.45, 2.75) is 26.1 Å². The molecule has 0 radical (unpaired) electrons. The maximum atomic E-state index is 11.3. The number of esters is 1. The van der Waals surface area contributed by atoms with E-state index in [1.165, 1.54) is 7.11 Å². The van der Waals surface area contributed by atoms with Crippen LogP contribution in [0, 0.1) is 0 Å². The normalized spacial score (nSPS) is 10.5. The minimum absolute atomic E-state index is 0.257. The van der Waals surface area contributed by atoms with E-state index in [-0.39, 0.29) is 5.97 Å². The lowest BCUT2D eigenvalue weighted by molar-refractivity contribution is -0.140. The van der Waals surface area contributed by atoms with E-state index in [4.69, 9.17) is 14.2 Å². The van der Waals surface area contributed by atoms with Gasteiger partial charge in [0.25, 0.3) is 0 Å². The van der Waals surface area contributed by atoms with Crippen LogP contribution < -0.4 is 10.1 Å². The maximum Gasteiger partial charge on any atom is 0.305 e. The molecule has 0 aliphatic carbocycles. The van der Waals surface area contributed by atoms with Gasteiger partial charge < -0.3 is 24.3 Å². The average Bonchev–Trinajstić information content (AvgIpc) is 2.92. The van der Waals surface area contributed by atoms with Crippen LogP contribution in [0.15, 0.2) is 80.0 Å². The Labute approximate surface area is 218 Å². The van der Waals surface area contributed by atoms with Crippen molar-refractivity contribution in [1.82, 2.24) is 9.97 Å². The molecule has 1 aromatic heterocycles. The molecule has 0 amide bonds. The number of hydrogen-bond acceptors (Lipinski definition) is 8. The Morgan fingerprint density at radius 2 is 1.84 bits per heavy atom. The summed E-state index contributed by atoms with van der Waals surface area (Å²) in [5, 5.41) is 3.27. The first-order valence-corrected chi connectivity index (χ1v) is 12.0. The average molecular weight is 504 g/mol. The predicted molar refractivity (Wildman–Crippen MR) is 144 cm³/mol. The first-order valence-electron chi connectivity index (χ1n) is 12.0. The first-order chi connectivity index (χ1) is 18.1. The molecule has 0 fully saturated rings. The number of hydrogen-bond donors (Lipinski definition) is 1. The molecule has 3 rings (SSSR count). The van der Waals surface area contributed by atoms with Gasteiger partial charge in [0.2, 0.25) is 5.95 Å². The highest BCUT2D eigenvalue weighted by Gasteiger charge is 2.09. The molecule has 194 valence electrons. The Balaban J connectivity index is 1.72. The summed E-state index contributed by atoms with van der Waals surface area (Å²) in [7, 11) is 1.38. The van der Waals surface area contributed by atoms with Gasteiger partial charge in [-0.25, -0.2) is 9.97 Å². The Kier molecular flexibility index (Phi) is 11.3. The van der Waals surface area contributed by atoms with Crippen LogP contribution in [0.1, 0.15) is 24.0 Å². The van der Waals surface area contributed by atoms with Gasteiger partial charge in [0.1, 0.15) is 5.75 Å². The van der Waals surface area contributed by atoms with E-state index in [2.05, 4.69) is 39.2 Å². The van der Waals surface area contributed by atoms with E-state index in [9.17, 15) is 4.79 Å². The van der Waals surface area contributed by atoms with Crippen LogP contribution in [0.3, 0.4) is 0 Å². The number of benzene rings is 2. The minimum atomic E-state index is -0.257. The van der Waals surface area contributed by atoms with Crippen molar-refractivity contribution in [2.75, 3.05) is 32.2 Å². The number of carbonyl (C=O) groups is 1. The summed E-state index contributed by atoms with van der Waals surface area (Å²) in [6.07, 6.45) is 6.00. The monoisotopic (exact) mass is 503 g/mol. The number of ether oxygens (including phenoxy) is 4. The maximum absolute atomic E-state index is 11.3. The number of methoxy groups -OCH3 is 1. The van der Waals surface area contributed by atoms with Gasteiger partial charge in [-0.3, -0.25) is 4.79 Å². The van der Waals surface area contributed by atoms with E-state index in [1.807, 2.05) is 42.5 Å². The van der Waals surface area contributed by atoms with Crippen LogP contribution >= 0.6 is 0 Å². The molecule has 0 saturated heterocycles. The minimum Gasteiger partial charge on any atom is -0.493 e. The molecular weight excluding hydrogens is 470 g/mol. The number of nitrogens with one attached hydrogen (secondary N) is 1. The lowest BCUT2D eigenvalue weighted by atomic mass is 10.1. The fourth-order valence-corrected chi connectivity index (χ4v) is 3.45. The summed E-state index contributed by atoms with van der Waals surface area (Å²) in [4.78, 5) is 20.4. The number of aromatic nitrogens is 2. The van der Waals surface area contributed by atoms with Gasteiger partial charge in [0.05, 0.1) is 45.8 Å². The van der Waals surface area contributed by atoms with E-state index >= 15 is 0 Å². The molecule has 37 heavy (non-hydrogen) atoms. The molecule has 1 heterocycles. The highest BCUT2D eigenvalue weighted by molar-refractivity contribution is 5.69. The molecule has 0 aliphatic heterocycles. The van der Waals surface area contributed by atoms with Gasteiger partial charge in [-0.15, -0.1) is 13.2 Å². The fourth-order valence-electron chi connectivity index (χ4n) is 3.45. The van der Waals surface area contributed by atoms with Crippen molar-refractivity contribution >= 4 is 17.6 Å². The van der Waals surface area contributed by atoms with Gasteiger partial charge >= 0.3 is 5.97 Å². The third-order valence-corrected chi connectivity index (χ3v) is 5.20. The van der Waals surface area contributed by atoms with E-state index in [0.29, 0.717) is 57.6 Å². The van der Waals surface area contributed by atoms with Crippen LogP contribution in [-0.4, -0.2) is 42.9 Å². The third-order valence-electron chi connectivity index (χ3n) is 5.20. The van der Waals surface area contributed by atoms with E-state index in [1.54, 1.807) is 18.3 Å². The number of carbonyl (C=O) groups excluding carboxylic acids is 1. The molecule has 8 nitrogen and oxygen atoms in total. The SMILES string of the molecule is C=CCOCc1cccc(-c2ccnc(Nc3ccc(OCCCC(=O)OC)c(COCC=C)c3)n2)c1. The Bertz CT molecular complexity index is 1180. The number of rotatable bonds is 16. The van der Waals surface area contributed by atoms with Gasteiger partial charge in [-0.05, 0) is 42.3 Å².